The van der Waals surface area contributed by atoms with E-state index in [-0.39, 0.29) is 11.1 Å². The van der Waals surface area contributed by atoms with Gasteiger partial charge in [0.25, 0.3) is 5.24 Å². The molecule has 0 N–H and O–H groups in total. The summed E-state index contributed by atoms with van der Waals surface area (Å²) < 4.78 is 13.7. The second kappa shape index (κ2) is 5.27. The zero-order valence-electron chi connectivity index (χ0n) is 8.88. The second-order valence-electron chi connectivity index (χ2n) is 3.53. The molecule has 0 aliphatic rings. The zero-order chi connectivity index (χ0) is 13.3. The Morgan fingerprint density at radius 3 is 2.11 bits per heavy atom. The Morgan fingerprint density at radius 2 is 1.56 bits per heavy atom. The number of rotatable bonds is 2. The van der Waals surface area contributed by atoms with E-state index in [0.717, 1.165) is 6.07 Å². The predicted octanol–water partition coefficient (Wildman–Crippen LogP) is 5.18. The lowest BCUT2D eigenvalue weighted by molar-refractivity contribution is 0.107. The Hall–Kier alpha value is -1.09. The molecule has 0 atom stereocenters. The summed E-state index contributed by atoms with van der Waals surface area (Å²) >= 11 is 17.5. The topological polar surface area (TPSA) is 17.1 Å². The summed E-state index contributed by atoms with van der Waals surface area (Å²) in [6.45, 7) is 0. The van der Waals surface area contributed by atoms with Crippen LogP contribution in [0.2, 0.25) is 10.0 Å². The molecule has 0 fully saturated rings. The largest absolute Gasteiger partial charge is 0.275 e. The summed E-state index contributed by atoms with van der Waals surface area (Å²) in [6, 6.07) is 9.05. The quantitative estimate of drug-likeness (QED) is 0.699. The molecule has 18 heavy (non-hydrogen) atoms. The van der Waals surface area contributed by atoms with Crippen molar-refractivity contribution in [2.45, 2.75) is 0 Å². The van der Waals surface area contributed by atoms with E-state index in [1.807, 2.05) is 0 Å². The SMILES string of the molecule is O=C(Cl)c1c(F)cccc1-c1c(Cl)cccc1Cl. The van der Waals surface area contributed by atoms with Crippen molar-refractivity contribution in [1.82, 2.24) is 0 Å². The van der Waals surface area contributed by atoms with Crippen LogP contribution < -0.4 is 0 Å². The normalized spacial score (nSPS) is 10.4. The highest BCUT2D eigenvalue weighted by Crippen LogP contribution is 2.37. The third-order valence-corrected chi connectivity index (χ3v) is 3.26. The molecule has 0 bridgehead atoms. The van der Waals surface area contributed by atoms with E-state index in [2.05, 4.69) is 0 Å². The summed E-state index contributed by atoms with van der Waals surface area (Å²) in [6.07, 6.45) is 0. The number of hydrogen-bond acceptors (Lipinski definition) is 1. The maximum Gasteiger partial charge on any atom is 0.255 e. The molecule has 0 heterocycles. The van der Waals surface area contributed by atoms with E-state index in [1.54, 1.807) is 24.3 Å². The van der Waals surface area contributed by atoms with E-state index in [4.69, 9.17) is 34.8 Å². The van der Waals surface area contributed by atoms with Gasteiger partial charge in [0.15, 0.2) is 0 Å². The first-order chi connectivity index (χ1) is 8.52. The van der Waals surface area contributed by atoms with E-state index in [9.17, 15) is 9.18 Å². The Kier molecular flexibility index (Phi) is 3.91. The Morgan fingerprint density at radius 1 is 1.00 bits per heavy atom. The number of hydrogen-bond donors (Lipinski definition) is 0. The first kappa shape index (κ1) is 13.3. The van der Waals surface area contributed by atoms with Gasteiger partial charge < -0.3 is 0 Å². The highest BCUT2D eigenvalue weighted by Gasteiger charge is 2.19. The monoisotopic (exact) mass is 302 g/mol. The van der Waals surface area contributed by atoms with Gasteiger partial charge in [0.2, 0.25) is 0 Å². The molecule has 0 aliphatic carbocycles. The number of halogens is 4. The average molecular weight is 304 g/mol. The molecule has 2 aromatic rings. The molecule has 92 valence electrons. The van der Waals surface area contributed by atoms with Crippen LogP contribution in [0.5, 0.6) is 0 Å². The van der Waals surface area contributed by atoms with Gasteiger partial charge in [-0.3, -0.25) is 4.79 Å². The van der Waals surface area contributed by atoms with Crippen LogP contribution in [-0.4, -0.2) is 5.24 Å². The zero-order valence-corrected chi connectivity index (χ0v) is 11.2. The van der Waals surface area contributed by atoms with Gasteiger partial charge in [-0.1, -0.05) is 41.4 Å². The van der Waals surface area contributed by atoms with Crippen molar-refractivity contribution < 1.29 is 9.18 Å². The van der Waals surface area contributed by atoms with Crippen LogP contribution in [0, 0.1) is 5.82 Å². The van der Waals surface area contributed by atoms with Crippen molar-refractivity contribution in [2.75, 3.05) is 0 Å². The summed E-state index contributed by atoms with van der Waals surface area (Å²) in [5, 5.41) is -0.237. The second-order valence-corrected chi connectivity index (χ2v) is 4.69. The van der Waals surface area contributed by atoms with Gasteiger partial charge in [-0.15, -0.1) is 0 Å². The van der Waals surface area contributed by atoms with Crippen molar-refractivity contribution in [1.29, 1.82) is 0 Å². The fraction of sp³-hybridized carbons (Fsp3) is 0. The van der Waals surface area contributed by atoms with Gasteiger partial charge in [0.1, 0.15) is 5.82 Å². The van der Waals surface area contributed by atoms with E-state index < -0.39 is 11.1 Å². The molecule has 0 radical (unpaired) electrons. The molecule has 1 nitrogen and oxygen atoms in total. The maximum atomic E-state index is 13.7. The molecule has 0 aromatic heterocycles. The first-order valence-corrected chi connectivity index (χ1v) is 6.08. The molecule has 0 unspecified atom stereocenters. The lowest BCUT2D eigenvalue weighted by atomic mass is 10.00. The minimum Gasteiger partial charge on any atom is -0.275 e. The van der Waals surface area contributed by atoms with E-state index in [0.29, 0.717) is 15.6 Å². The van der Waals surface area contributed by atoms with Crippen molar-refractivity contribution in [3.05, 3.63) is 57.8 Å². The fourth-order valence-corrected chi connectivity index (χ4v) is 2.48. The molecule has 2 aromatic carbocycles. The highest BCUT2D eigenvalue weighted by molar-refractivity contribution is 6.68. The average Bonchev–Trinajstić information content (AvgIpc) is 2.28. The van der Waals surface area contributed by atoms with Gasteiger partial charge in [-0.2, -0.15) is 0 Å². The Balaban J connectivity index is 2.80. The number of benzene rings is 2. The molecule has 5 heteroatoms. The van der Waals surface area contributed by atoms with Crippen molar-refractivity contribution in [3.8, 4) is 11.1 Å². The molecular weight excluding hydrogens is 297 g/mol. The van der Waals surface area contributed by atoms with Crippen LogP contribution in [0.4, 0.5) is 4.39 Å². The van der Waals surface area contributed by atoms with E-state index >= 15 is 0 Å². The van der Waals surface area contributed by atoms with Gasteiger partial charge in [-0.05, 0) is 35.4 Å². The molecular formula is C13H6Cl3FO. The molecule has 0 spiro atoms. The summed E-state index contributed by atoms with van der Waals surface area (Å²) in [5.41, 5.74) is 0.448. The molecule has 0 saturated carbocycles. The Bertz CT molecular complexity index is 605. The van der Waals surface area contributed by atoms with Crippen LogP contribution in [-0.2, 0) is 0 Å². The molecule has 0 aliphatic heterocycles. The van der Waals surface area contributed by atoms with Crippen molar-refractivity contribution >= 4 is 40.0 Å². The predicted molar refractivity (Wildman–Crippen MR) is 72.0 cm³/mol. The van der Waals surface area contributed by atoms with Crippen LogP contribution in [0.1, 0.15) is 10.4 Å². The number of carbonyl (C=O) groups is 1. The number of carbonyl (C=O) groups excluding carboxylic acids is 1. The standard InChI is InChI=1S/C13H6Cl3FO/c14-8-4-2-5-9(15)11(8)7-3-1-6-10(17)12(7)13(16)18/h1-6H. The van der Waals surface area contributed by atoms with Gasteiger partial charge in [0.05, 0.1) is 5.56 Å². The molecule has 2 rings (SSSR count). The smallest absolute Gasteiger partial charge is 0.255 e. The Labute approximate surface area is 118 Å². The van der Waals surface area contributed by atoms with Crippen LogP contribution in [0.3, 0.4) is 0 Å². The summed E-state index contributed by atoms with van der Waals surface area (Å²) in [5.74, 6) is -0.705. The van der Waals surface area contributed by atoms with Crippen LogP contribution in [0.15, 0.2) is 36.4 Å². The summed E-state index contributed by atoms with van der Waals surface area (Å²) in [7, 11) is 0. The lowest BCUT2D eigenvalue weighted by Gasteiger charge is -2.10. The fourth-order valence-electron chi connectivity index (χ4n) is 1.69. The third kappa shape index (κ3) is 2.37. The minimum atomic E-state index is -0.890. The minimum absolute atomic E-state index is 0.228. The van der Waals surface area contributed by atoms with Gasteiger partial charge in [-0.25, -0.2) is 4.39 Å². The van der Waals surface area contributed by atoms with Crippen LogP contribution in [0.25, 0.3) is 11.1 Å². The van der Waals surface area contributed by atoms with Crippen molar-refractivity contribution in [3.63, 3.8) is 0 Å². The third-order valence-electron chi connectivity index (χ3n) is 2.44. The lowest BCUT2D eigenvalue weighted by Crippen LogP contribution is -1.99. The van der Waals surface area contributed by atoms with Gasteiger partial charge >= 0.3 is 0 Å². The summed E-state index contributed by atoms with van der Waals surface area (Å²) in [4.78, 5) is 11.3. The highest BCUT2D eigenvalue weighted by atomic mass is 35.5. The molecule has 0 amide bonds. The van der Waals surface area contributed by atoms with E-state index in [1.165, 1.54) is 6.07 Å². The molecule has 0 saturated heterocycles. The van der Waals surface area contributed by atoms with Crippen LogP contribution >= 0.6 is 34.8 Å². The maximum absolute atomic E-state index is 13.7. The van der Waals surface area contributed by atoms with Crippen molar-refractivity contribution in [2.24, 2.45) is 0 Å². The first-order valence-electron chi connectivity index (χ1n) is 4.95. The van der Waals surface area contributed by atoms with Gasteiger partial charge in [0, 0.05) is 15.6 Å².